The fraction of sp³-hybridized carbons (Fsp3) is 0.588. The zero-order chi connectivity index (χ0) is 14.8. The fourth-order valence-corrected chi connectivity index (χ4v) is 2.14. The number of nitrogens with one attached hydrogen (secondary N) is 1. The van der Waals surface area contributed by atoms with E-state index in [1.165, 1.54) is 19.3 Å². The van der Waals surface area contributed by atoms with Crippen LogP contribution in [0.4, 0.5) is 4.79 Å². The minimum absolute atomic E-state index is 0.0187. The highest BCUT2D eigenvalue weighted by Gasteiger charge is 2.13. The van der Waals surface area contributed by atoms with E-state index in [1.807, 2.05) is 44.2 Å². The maximum absolute atomic E-state index is 11.8. The summed E-state index contributed by atoms with van der Waals surface area (Å²) in [5, 5.41) is 2.87. The molecule has 0 aliphatic heterocycles. The van der Waals surface area contributed by atoms with Crippen LogP contribution in [0.3, 0.4) is 0 Å². The molecule has 1 rings (SSSR count). The number of carbonyl (C=O) groups excluding carboxylic acids is 1. The van der Waals surface area contributed by atoms with Crippen LogP contribution in [0.15, 0.2) is 30.3 Å². The Kier molecular flexibility index (Phi) is 7.78. The number of unbranched alkanes of at least 4 members (excludes halogenated alkanes) is 3. The first kappa shape index (κ1) is 16.5. The highest BCUT2D eigenvalue weighted by atomic mass is 16.6. The number of alkyl carbamates (subject to hydrolysis) is 1. The van der Waals surface area contributed by atoms with Crippen molar-refractivity contribution in [2.24, 2.45) is 0 Å². The fourth-order valence-electron chi connectivity index (χ4n) is 2.14. The van der Waals surface area contributed by atoms with Crippen LogP contribution >= 0.6 is 0 Å². The Bertz CT molecular complexity index is 378. The van der Waals surface area contributed by atoms with Crippen molar-refractivity contribution in [1.82, 2.24) is 5.32 Å². The summed E-state index contributed by atoms with van der Waals surface area (Å²) in [6.45, 7) is 6.11. The van der Waals surface area contributed by atoms with E-state index in [9.17, 15) is 4.79 Å². The second-order valence-corrected chi connectivity index (χ2v) is 5.34. The average molecular weight is 277 g/mol. The van der Waals surface area contributed by atoms with Gasteiger partial charge in [0.1, 0.15) is 6.10 Å². The van der Waals surface area contributed by atoms with Crippen LogP contribution < -0.4 is 5.32 Å². The number of rotatable bonds is 8. The molecule has 0 aliphatic rings. The summed E-state index contributed by atoms with van der Waals surface area (Å²) in [6.07, 6.45) is 5.41. The topological polar surface area (TPSA) is 38.3 Å². The molecule has 0 aromatic heterocycles. The van der Waals surface area contributed by atoms with Gasteiger partial charge >= 0.3 is 6.09 Å². The van der Waals surface area contributed by atoms with Crippen molar-refractivity contribution in [3.8, 4) is 0 Å². The Balaban J connectivity index is 2.25. The van der Waals surface area contributed by atoms with Crippen molar-refractivity contribution >= 4 is 6.09 Å². The summed E-state index contributed by atoms with van der Waals surface area (Å²) in [6, 6.07) is 9.87. The monoisotopic (exact) mass is 277 g/mol. The zero-order valence-electron chi connectivity index (χ0n) is 12.9. The normalized spacial score (nSPS) is 13.6. The molecule has 0 spiro atoms. The van der Waals surface area contributed by atoms with Crippen LogP contribution in [-0.2, 0) is 4.74 Å². The first-order valence-corrected chi connectivity index (χ1v) is 7.65. The maximum Gasteiger partial charge on any atom is 0.407 e. The van der Waals surface area contributed by atoms with Gasteiger partial charge in [-0.3, -0.25) is 0 Å². The quantitative estimate of drug-likeness (QED) is 0.691. The van der Waals surface area contributed by atoms with Gasteiger partial charge in [-0.15, -0.1) is 0 Å². The van der Waals surface area contributed by atoms with Crippen molar-refractivity contribution < 1.29 is 9.53 Å². The van der Waals surface area contributed by atoms with Gasteiger partial charge in [-0.2, -0.15) is 0 Å². The number of benzene rings is 1. The van der Waals surface area contributed by atoms with Crippen LogP contribution in [-0.4, -0.2) is 12.2 Å². The van der Waals surface area contributed by atoms with Gasteiger partial charge in [-0.25, -0.2) is 4.79 Å². The van der Waals surface area contributed by atoms with Crippen LogP contribution in [0.25, 0.3) is 0 Å². The van der Waals surface area contributed by atoms with E-state index in [4.69, 9.17) is 4.74 Å². The molecule has 0 fully saturated rings. The molecular formula is C17H27NO2. The van der Waals surface area contributed by atoms with Crippen LogP contribution in [0.1, 0.15) is 64.5 Å². The third-order valence-corrected chi connectivity index (χ3v) is 3.41. The van der Waals surface area contributed by atoms with Gasteiger partial charge in [0.25, 0.3) is 0 Å². The highest BCUT2D eigenvalue weighted by Crippen LogP contribution is 2.12. The van der Waals surface area contributed by atoms with Crippen molar-refractivity contribution in [2.75, 3.05) is 0 Å². The Morgan fingerprint density at radius 1 is 1.15 bits per heavy atom. The average Bonchev–Trinajstić information content (AvgIpc) is 2.44. The molecule has 3 heteroatoms. The summed E-state index contributed by atoms with van der Waals surface area (Å²) >= 11 is 0. The van der Waals surface area contributed by atoms with Gasteiger partial charge in [0.05, 0.1) is 6.04 Å². The molecule has 1 amide bonds. The van der Waals surface area contributed by atoms with E-state index in [0.717, 1.165) is 18.4 Å². The molecule has 0 heterocycles. The highest BCUT2D eigenvalue weighted by molar-refractivity contribution is 5.68. The summed E-state index contributed by atoms with van der Waals surface area (Å²) in [5.74, 6) is 0. The molecule has 2 unspecified atom stereocenters. The van der Waals surface area contributed by atoms with E-state index in [-0.39, 0.29) is 18.2 Å². The minimum Gasteiger partial charge on any atom is -0.447 e. The first-order chi connectivity index (χ1) is 9.63. The molecule has 2 atom stereocenters. The van der Waals surface area contributed by atoms with E-state index in [0.29, 0.717) is 0 Å². The lowest BCUT2D eigenvalue weighted by molar-refractivity contribution is 0.0981. The van der Waals surface area contributed by atoms with E-state index in [2.05, 4.69) is 12.2 Å². The molecule has 0 saturated heterocycles. The SMILES string of the molecule is CCCCCCC(C)OC(=O)NC(C)c1ccccc1. The van der Waals surface area contributed by atoms with Crippen molar-refractivity contribution in [1.29, 1.82) is 0 Å². The molecule has 0 radical (unpaired) electrons. The molecule has 1 N–H and O–H groups in total. The second kappa shape index (κ2) is 9.40. The van der Waals surface area contributed by atoms with Gasteiger partial charge < -0.3 is 10.1 Å². The summed E-state index contributed by atoms with van der Waals surface area (Å²) in [7, 11) is 0. The minimum atomic E-state index is -0.329. The Hall–Kier alpha value is -1.51. The van der Waals surface area contributed by atoms with Gasteiger partial charge in [0, 0.05) is 0 Å². The molecule has 112 valence electrons. The second-order valence-electron chi connectivity index (χ2n) is 5.34. The molecule has 1 aromatic rings. The van der Waals surface area contributed by atoms with Gasteiger partial charge in [0.15, 0.2) is 0 Å². The number of carbonyl (C=O) groups is 1. The number of amides is 1. The molecule has 1 aromatic carbocycles. The molecule has 20 heavy (non-hydrogen) atoms. The summed E-state index contributed by atoms with van der Waals surface area (Å²) < 4.78 is 5.37. The molecular weight excluding hydrogens is 250 g/mol. The Morgan fingerprint density at radius 2 is 1.85 bits per heavy atom. The van der Waals surface area contributed by atoms with Crippen molar-refractivity contribution in [2.45, 2.75) is 65.0 Å². The van der Waals surface area contributed by atoms with E-state index >= 15 is 0 Å². The number of hydrogen-bond acceptors (Lipinski definition) is 2. The lowest BCUT2D eigenvalue weighted by atomic mass is 10.1. The molecule has 0 saturated carbocycles. The molecule has 3 nitrogen and oxygen atoms in total. The third-order valence-electron chi connectivity index (χ3n) is 3.41. The van der Waals surface area contributed by atoms with Gasteiger partial charge in [-0.1, -0.05) is 56.5 Å². The van der Waals surface area contributed by atoms with Crippen molar-refractivity contribution in [3.05, 3.63) is 35.9 Å². The van der Waals surface area contributed by atoms with E-state index < -0.39 is 0 Å². The Morgan fingerprint density at radius 3 is 2.50 bits per heavy atom. The van der Waals surface area contributed by atoms with Gasteiger partial charge in [-0.05, 0) is 32.3 Å². The molecule has 0 aliphatic carbocycles. The largest absolute Gasteiger partial charge is 0.447 e. The van der Waals surface area contributed by atoms with E-state index in [1.54, 1.807) is 0 Å². The summed E-state index contributed by atoms with van der Waals surface area (Å²) in [4.78, 5) is 11.8. The van der Waals surface area contributed by atoms with Crippen LogP contribution in [0.5, 0.6) is 0 Å². The lowest BCUT2D eigenvalue weighted by Gasteiger charge is -2.17. The van der Waals surface area contributed by atoms with Crippen LogP contribution in [0, 0.1) is 0 Å². The van der Waals surface area contributed by atoms with Crippen LogP contribution in [0.2, 0.25) is 0 Å². The predicted molar refractivity (Wildman–Crippen MR) is 82.7 cm³/mol. The standard InChI is InChI=1S/C17H27NO2/c1-4-5-6-8-11-14(2)20-17(19)18-15(3)16-12-9-7-10-13-16/h7,9-10,12-15H,4-6,8,11H2,1-3H3,(H,18,19). The van der Waals surface area contributed by atoms with Crippen molar-refractivity contribution in [3.63, 3.8) is 0 Å². The number of ether oxygens (including phenoxy) is 1. The predicted octanol–water partition coefficient (Wildman–Crippen LogP) is 4.83. The lowest BCUT2D eigenvalue weighted by Crippen LogP contribution is -2.30. The van der Waals surface area contributed by atoms with Gasteiger partial charge in [0.2, 0.25) is 0 Å². The molecule has 0 bridgehead atoms. The first-order valence-electron chi connectivity index (χ1n) is 7.65. The Labute approximate surface area is 122 Å². The third kappa shape index (κ3) is 6.60. The maximum atomic E-state index is 11.8. The number of hydrogen-bond donors (Lipinski definition) is 1. The smallest absolute Gasteiger partial charge is 0.407 e. The zero-order valence-corrected chi connectivity index (χ0v) is 12.9. The summed E-state index contributed by atoms with van der Waals surface area (Å²) in [5.41, 5.74) is 1.08.